The van der Waals surface area contributed by atoms with Crippen molar-refractivity contribution >= 4 is 11.8 Å². The molecule has 0 aliphatic rings. The second-order valence-electron chi connectivity index (χ2n) is 4.05. The summed E-state index contributed by atoms with van der Waals surface area (Å²) in [6, 6.07) is 6.79. The molecule has 18 heavy (non-hydrogen) atoms. The predicted octanol–water partition coefficient (Wildman–Crippen LogP) is 2.60. The van der Waals surface area contributed by atoms with Gasteiger partial charge in [-0.3, -0.25) is 0 Å². The highest BCUT2D eigenvalue weighted by Crippen LogP contribution is 2.13. The van der Waals surface area contributed by atoms with Crippen molar-refractivity contribution in [3.8, 4) is 0 Å². The molecule has 0 unspecified atom stereocenters. The standard InChI is InChI=1S/C13H14N2O3/c1-8-5-10(13(16)17)6-12(15-8)14-7-11-4-3-9(2)18-11/h3-6H,7H2,1-2H3,(H,14,15)(H,16,17). The van der Waals surface area contributed by atoms with Crippen LogP contribution in [0.1, 0.15) is 27.6 Å². The van der Waals surface area contributed by atoms with Gasteiger partial charge in [0.2, 0.25) is 0 Å². The Kier molecular flexibility index (Phi) is 3.32. The highest BCUT2D eigenvalue weighted by Gasteiger charge is 2.07. The van der Waals surface area contributed by atoms with E-state index in [0.717, 1.165) is 11.5 Å². The van der Waals surface area contributed by atoms with Gasteiger partial charge in [-0.05, 0) is 38.1 Å². The van der Waals surface area contributed by atoms with Crippen LogP contribution in [-0.2, 0) is 6.54 Å². The summed E-state index contributed by atoms with van der Waals surface area (Å²) in [5, 5.41) is 12.0. The van der Waals surface area contributed by atoms with Gasteiger partial charge >= 0.3 is 5.97 Å². The molecule has 5 nitrogen and oxygen atoms in total. The Morgan fingerprint density at radius 3 is 2.78 bits per heavy atom. The number of nitrogens with one attached hydrogen (secondary N) is 1. The van der Waals surface area contributed by atoms with Crippen LogP contribution in [0.25, 0.3) is 0 Å². The summed E-state index contributed by atoms with van der Waals surface area (Å²) in [5.74, 6) is 1.20. The van der Waals surface area contributed by atoms with Crippen LogP contribution in [0.3, 0.4) is 0 Å². The number of carboxylic acids is 1. The largest absolute Gasteiger partial charge is 0.478 e. The lowest BCUT2D eigenvalue weighted by atomic mass is 10.2. The van der Waals surface area contributed by atoms with Crippen LogP contribution in [-0.4, -0.2) is 16.1 Å². The second-order valence-corrected chi connectivity index (χ2v) is 4.05. The number of hydrogen-bond donors (Lipinski definition) is 2. The molecule has 0 spiro atoms. The smallest absolute Gasteiger partial charge is 0.335 e. The molecule has 5 heteroatoms. The minimum atomic E-state index is -0.961. The minimum Gasteiger partial charge on any atom is -0.478 e. The molecule has 2 heterocycles. The first-order valence-corrected chi connectivity index (χ1v) is 5.56. The fourth-order valence-corrected chi connectivity index (χ4v) is 1.64. The summed E-state index contributed by atoms with van der Waals surface area (Å²) < 4.78 is 5.41. The van der Waals surface area contributed by atoms with Crippen molar-refractivity contribution < 1.29 is 14.3 Å². The van der Waals surface area contributed by atoms with Crippen molar-refractivity contribution in [2.75, 3.05) is 5.32 Å². The fraction of sp³-hybridized carbons (Fsp3) is 0.231. The summed E-state index contributed by atoms with van der Waals surface area (Å²) in [6.07, 6.45) is 0. The molecule has 94 valence electrons. The number of hydrogen-bond acceptors (Lipinski definition) is 4. The van der Waals surface area contributed by atoms with Gasteiger partial charge < -0.3 is 14.8 Å². The van der Waals surface area contributed by atoms with E-state index >= 15 is 0 Å². The first-order chi connectivity index (χ1) is 8.54. The maximum atomic E-state index is 10.9. The molecule has 0 aromatic carbocycles. The summed E-state index contributed by atoms with van der Waals surface area (Å²) >= 11 is 0. The Bertz CT molecular complexity index is 575. The quantitative estimate of drug-likeness (QED) is 0.867. The predicted molar refractivity (Wildman–Crippen MR) is 66.7 cm³/mol. The van der Waals surface area contributed by atoms with Crippen molar-refractivity contribution in [2.24, 2.45) is 0 Å². The number of anilines is 1. The van der Waals surface area contributed by atoms with E-state index < -0.39 is 5.97 Å². The van der Waals surface area contributed by atoms with Crippen molar-refractivity contribution in [3.63, 3.8) is 0 Å². The van der Waals surface area contributed by atoms with E-state index in [1.807, 2.05) is 19.1 Å². The Morgan fingerprint density at radius 2 is 2.17 bits per heavy atom. The Labute approximate surface area is 104 Å². The molecule has 0 radical (unpaired) electrons. The second kappa shape index (κ2) is 4.91. The first kappa shape index (κ1) is 12.2. The molecule has 2 N–H and O–H groups in total. The van der Waals surface area contributed by atoms with Gasteiger partial charge in [0.05, 0.1) is 12.1 Å². The van der Waals surface area contributed by atoms with Gasteiger partial charge in [-0.15, -0.1) is 0 Å². The molecular formula is C13H14N2O3. The minimum absolute atomic E-state index is 0.223. The maximum absolute atomic E-state index is 10.9. The van der Waals surface area contributed by atoms with E-state index in [1.54, 1.807) is 6.92 Å². The van der Waals surface area contributed by atoms with E-state index in [2.05, 4.69) is 10.3 Å². The molecule has 2 aromatic heterocycles. The normalized spacial score (nSPS) is 10.3. The highest BCUT2D eigenvalue weighted by atomic mass is 16.4. The van der Waals surface area contributed by atoms with Crippen LogP contribution in [0.15, 0.2) is 28.7 Å². The van der Waals surface area contributed by atoms with Crippen LogP contribution >= 0.6 is 0 Å². The topological polar surface area (TPSA) is 75.4 Å². The number of carboxylic acid groups (broad SMARTS) is 1. The average molecular weight is 246 g/mol. The number of rotatable bonds is 4. The molecule has 2 rings (SSSR count). The molecule has 0 fully saturated rings. The third-order valence-electron chi connectivity index (χ3n) is 2.44. The van der Waals surface area contributed by atoms with E-state index in [-0.39, 0.29) is 5.56 Å². The number of aromatic carboxylic acids is 1. The van der Waals surface area contributed by atoms with Crippen molar-refractivity contribution in [2.45, 2.75) is 20.4 Å². The molecule has 0 aliphatic carbocycles. The van der Waals surface area contributed by atoms with Gasteiger partial charge in [0.25, 0.3) is 0 Å². The molecule has 0 saturated carbocycles. The van der Waals surface area contributed by atoms with Gasteiger partial charge in [-0.2, -0.15) is 0 Å². The third kappa shape index (κ3) is 2.88. The lowest BCUT2D eigenvalue weighted by molar-refractivity contribution is 0.0696. The van der Waals surface area contributed by atoms with Crippen molar-refractivity contribution in [3.05, 3.63) is 47.0 Å². The summed E-state index contributed by atoms with van der Waals surface area (Å²) in [5.41, 5.74) is 0.883. The van der Waals surface area contributed by atoms with Crippen molar-refractivity contribution in [1.82, 2.24) is 4.98 Å². The molecular weight excluding hydrogens is 232 g/mol. The zero-order chi connectivity index (χ0) is 13.1. The van der Waals surface area contributed by atoms with Gasteiger partial charge in [0.1, 0.15) is 17.3 Å². The monoisotopic (exact) mass is 246 g/mol. The molecule has 0 aliphatic heterocycles. The molecule has 0 amide bonds. The van der Waals surface area contributed by atoms with E-state index in [0.29, 0.717) is 18.1 Å². The fourth-order valence-electron chi connectivity index (χ4n) is 1.64. The van der Waals surface area contributed by atoms with Gasteiger partial charge in [0.15, 0.2) is 0 Å². The Hall–Kier alpha value is -2.30. The van der Waals surface area contributed by atoms with Gasteiger partial charge in [-0.1, -0.05) is 0 Å². The van der Waals surface area contributed by atoms with Crippen molar-refractivity contribution in [1.29, 1.82) is 0 Å². The molecule has 0 bridgehead atoms. The Balaban J connectivity index is 2.11. The van der Waals surface area contributed by atoms with Crippen LogP contribution in [0.2, 0.25) is 0 Å². The summed E-state index contributed by atoms with van der Waals surface area (Å²) in [7, 11) is 0. The van der Waals surface area contributed by atoms with Crippen LogP contribution in [0.5, 0.6) is 0 Å². The average Bonchev–Trinajstić information content (AvgIpc) is 2.72. The number of aromatic nitrogens is 1. The van der Waals surface area contributed by atoms with Gasteiger partial charge in [-0.25, -0.2) is 9.78 Å². The van der Waals surface area contributed by atoms with E-state index in [4.69, 9.17) is 9.52 Å². The SMILES string of the molecule is Cc1cc(C(=O)O)cc(NCc2ccc(C)o2)n1. The maximum Gasteiger partial charge on any atom is 0.335 e. The number of carbonyl (C=O) groups is 1. The number of aryl methyl sites for hydroxylation is 2. The number of pyridine rings is 1. The molecule has 0 atom stereocenters. The number of nitrogens with zero attached hydrogens (tertiary/aromatic N) is 1. The van der Waals surface area contributed by atoms with Crippen LogP contribution in [0, 0.1) is 13.8 Å². The molecule has 0 saturated heterocycles. The Morgan fingerprint density at radius 1 is 1.39 bits per heavy atom. The van der Waals surface area contributed by atoms with E-state index in [1.165, 1.54) is 12.1 Å². The zero-order valence-corrected chi connectivity index (χ0v) is 10.2. The summed E-state index contributed by atoms with van der Waals surface area (Å²) in [4.78, 5) is 15.1. The zero-order valence-electron chi connectivity index (χ0n) is 10.2. The van der Waals surface area contributed by atoms with Gasteiger partial charge in [0, 0.05) is 5.69 Å². The lowest BCUT2D eigenvalue weighted by Gasteiger charge is -2.06. The number of furan rings is 1. The molecule has 2 aromatic rings. The van der Waals surface area contributed by atoms with Crippen LogP contribution in [0.4, 0.5) is 5.82 Å². The van der Waals surface area contributed by atoms with E-state index in [9.17, 15) is 4.79 Å². The summed E-state index contributed by atoms with van der Waals surface area (Å²) in [6.45, 7) is 4.11. The lowest BCUT2D eigenvalue weighted by Crippen LogP contribution is -2.05. The highest BCUT2D eigenvalue weighted by molar-refractivity contribution is 5.88. The first-order valence-electron chi connectivity index (χ1n) is 5.56. The third-order valence-corrected chi connectivity index (χ3v) is 2.44. The van der Waals surface area contributed by atoms with Crippen LogP contribution < -0.4 is 5.32 Å².